The third kappa shape index (κ3) is 3.88. The van der Waals surface area contributed by atoms with Crippen LogP contribution in [0.25, 0.3) is 0 Å². The second-order valence-corrected chi connectivity index (χ2v) is 6.71. The van der Waals surface area contributed by atoms with Gasteiger partial charge in [0.15, 0.2) is 0 Å². The van der Waals surface area contributed by atoms with Crippen molar-refractivity contribution in [3.05, 3.63) is 23.9 Å². The standard InChI is InChI=1S/C14H19F3N2S/c1-9-2-3-10(7-18)12(6-9)20-13-5-4-11(8-19-13)14(15,16)17/h4-5,8-10,12H,2-3,6-7,18H2,1H3. The second kappa shape index (κ2) is 6.35. The smallest absolute Gasteiger partial charge is 0.330 e. The molecule has 0 aromatic carbocycles. The molecule has 1 aromatic heterocycles. The summed E-state index contributed by atoms with van der Waals surface area (Å²) in [5.74, 6) is 1.07. The molecule has 1 aliphatic rings. The van der Waals surface area contributed by atoms with Crippen LogP contribution in [0.5, 0.6) is 0 Å². The Labute approximate surface area is 121 Å². The molecule has 3 atom stereocenters. The number of hydrogen-bond donors (Lipinski definition) is 1. The molecule has 112 valence electrons. The van der Waals surface area contributed by atoms with Crippen LogP contribution in [-0.4, -0.2) is 16.8 Å². The first kappa shape index (κ1) is 15.6. The first-order valence-electron chi connectivity index (χ1n) is 6.80. The molecule has 2 nitrogen and oxygen atoms in total. The van der Waals surface area contributed by atoms with E-state index in [4.69, 9.17) is 5.73 Å². The predicted octanol–water partition coefficient (Wildman–Crippen LogP) is 3.96. The Hall–Kier alpha value is -0.750. The average molecular weight is 304 g/mol. The lowest BCUT2D eigenvalue weighted by Crippen LogP contribution is -2.31. The van der Waals surface area contributed by atoms with E-state index in [1.807, 2.05) is 0 Å². The van der Waals surface area contributed by atoms with Crippen molar-refractivity contribution >= 4 is 11.8 Å². The maximum atomic E-state index is 12.5. The van der Waals surface area contributed by atoms with Crippen LogP contribution in [0.15, 0.2) is 23.4 Å². The van der Waals surface area contributed by atoms with E-state index < -0.39 is 11.7 Å². The molecular formula is C14H19F3N2S. The highest BCUT2D eigenvalue weighted by atomic mass is 32.2. The molecule has 1 saturated carbocycles. The van der Waals surface area contributed by atoms with Gasteiger partial charge in [-0.15, -0.1) is 11.8 Å². The third-order valence-corrected chi connectivity index (χ3v) is 5.19. The van der Waals surface area contributed by atoms with Crippen LogP contribution in [0.4, 0.5) is 13.2 Å². The summed E-state index contributed by atoms with van der Waals surface area (Å²) >= 11 is 1.56. The van der Waals surface area contributed by atoms with Gasteiger partial charge < -0.3 is 5.73 Å². The van der Waals surface area contributed by atoms with Gasteiger partial charge in [-0.2, -0.15) is 13.2 Å². The predicted molar refractivity (Wildman–Crippen MR) is 74.4 cm³/mol. The number of halogens is 3. The molecule has 0 saturated heterocycles. The highest BCUT2D eigenvalue weighted by molar-refractivity contribution is 7.99. The van der Waals surface area contributed by atoms with Gasteiger partial charge in [0.25, 0.3) is 0 Å². The molecule has 1 aromatic rings. The van der Waals surface area contributed by atoms with Crippen molar-refractivity contribution in [3.8, 4) is 0 Å². The zero-order valence-electron chi connectivity index (χ0n) is 11.4. The van der Waals surface area contributed by atoms with Gasteiger partial charge >= 0.3 is 6.18 Å². The van der Waals surface area contributed by atoms with Crippen LogP contribution in [0.3, 0.4) is 0 Å². The van der Waals surface area contributed by atoms with Crippen LogP contribution >= 0.6 is 11.8 Å². The monoisotopic (exact) mass is 304 g/mol. The molecule has 1 heterocycles. The summed E-state index contributed by atoms with van der Waals surface area (Å²) < 4.78 is 37.4. The van der Waals surface area contributed by atoms with Gasteiger partial charge in [-0.05, 0) is 43.4 Å². The minimum Gasteiger partial charge on any atom is -0.330 e. The summed E-state index contributed by atoms with van der Waals surface area (Å²) in [7, 11) is 0. The molecule has 1 fully saturated rings. The van der Waals surface area contributed by atoms with Crippen molar-refractivity contribution in [2.75, 3.05) is 6.54 Å². The van der Waals surface area contributed by atoms with E-state index in [9.17, 15) is 13.2 Å². The molecule has 0 radical (unpaired) electrons. The lowest BCUT2D eigenvalue weighted by Gasteiger charge is -2.33. The number of pyridine rings is 1. The van der Waals surface area contributed by atoms with Crippen molar-refractivity contribution in [3.63, 3.8) is 0 Å². The molecule has 2 rings (SSSR count). The Morgan fingerprint density at radius 1 is 1.35 bits per heavy atom. The molecule has 0 amide bonds. The molecule has 1 aliphatic carbocycles. The van der Waals surface area contributed by atoms with Crippen molar-refractivity contribution in [2.24, 2.45) is 17.6 Å². The maximum absolute atomic E-state index is 12.5. The van der Waals surface area contributed by atoms with E-state index in [2.05, 4.69) is 11.9 Å². The molecule has 6 heteroatoms. The topological polar surface area (TPSA) is 38.9 Å². The van der Waals surface area contributed by atoms with Gasteiger partial charge in [0, 0.05) is 11.4 Å². The number of nitrogens with zero attached hydrogens (tertiary/aromatic N) is 1. The van der Waals surface area contributed by atoms with Gasteiger partial charge in [-0.3, -0.25) is 0 Å². The van der Waals surface area contributed by atoms with Gasteiger partial charge in [0.1, 0.15) is 0 Å². The van der Waals surface area contributed by atoms with Gasteiger partial charge in [0.2, 0.25) is 0 Å². The molecule has 0 aliphatic heterocycles. The van der Waals surface area contributed by atoms with Gasteiger partial charge in [-0.1, -0.05) is 13.3 Å². The Morgan fingerprint density at radius 2 is 2.10 bits per heavy atom. The molecule has 0 spiro atoms. The number of alkyl halides is 3. The van der Waals surface area contributed by atoms with E-state index >= 15 is 0 Å². The summed E-state index contributed by atoms with van der Waals surface area (Å²) in [6, 6.07) is 2.55. The Bertz CT molecular complexity index is 433. The van der Waals surface area contributed by atoms with E-state index in [1.165, 1.54) is 12.5 Å². The highest BCUT2D eigenvalue weighted by Crippen LogP contribution is 2.39. The highest BCUT2D eigenvalue weighted by Gasteiger charge is 2.32. The van der Waals surface area contributed by atoms with Crippen LogP contribution in [0.1, 0.15) is 31.7 Å². The zero-order chi connectivity index (χ0) is 14.8. The van der Waals surface area contributed by atoms with E-state index in [-0.39, 0.29) is 0 Å². The average Bonchev–Trinajstić information content (AvgIpc) is 2.38. The molecule has 2 N–H and O–H groups in total. The van der Waals surface area contributed by atoms with E-state index in [0.717, 1.165) is 25.1 Å². The number of nitrogens with two attached hydrogens (primary N) is 1. The Kier molecular flexibility index (Phi) is 4.96. The SMILES string of the molecule is CC1CCC(CN)C(Sc2ccc(C(F)(F)F)cn2)C1. The Morgan fingerprint density at radius 3 is 2.65 bits per heavy atom. The third-order valence-electron chi connectivity index (χ3n) is 3.83. The Balaban J connectivity index is 2.05. The van der Waals surface area contributed by atoms with Gasteiger partial charge in [-0.25, -0.2) is 4.98 Å². The molecule has 0 bridgehead atoms. The second-order valence-electron chi connectivity index (χ2n) is 5.45. The van der Waals surface area contributed by atoms with Gasteiger partial charge in [0.05, 0.1) is 10.6 Å². The summed E-state index contributed by atoms with van der Waals surface area (Å²) in [6.45, 7) is 2.84. The molecule has 3 unspecified atom stereocenters. The van der Waals surface area contributed by atoms with Crippen molar-refractivity contribution in [2.45, 2.75) is 42.6 Å². The summed E-state index contributed by atoms with van der Waals surface area (Å²) in [5, 5.41) is 1.00. The van der Waals surface area contributed by atoms with E-state index in [0.29, 0.717) is 28.7 Å². The van der Waals surface area contributed by atoms with Crippen LogP contribution in [0.2, 0.25) is 0 Å². The van der Waals surface area contributed by atoms with Crippen LogP contribution < -0.4 is 5.73 Å². The summed E-state index contributed by atoms with van der Waals surface area (Å²) in [5.41, 5.74) is 5.09. The normalized spacial score (nSPS) is 27.6. The quantitative estimate of drug-likeness (QED) is 0.919. The van der Waals surface area contributed by atoms with E-state index in [1.54, 1.807) is 11.8 Å². The fourth-order valence-electron chi connectivity index (χ4n) is 2.58. The summed E-state index contributed by atoms with van der Waals surface area (Å²) in [6.07, 6.45) is -0.0913. The zero-order valence-corrected chi connectivity index (χ0v) is 12.2. The number of hydrogen-bond acceptors (Lipinski definition) is 3. The lowest BCUT2D eigenvalue weighted by molar-refractivity contribution is -0.137. The summed E-state index contributed by atoms with van der Waals surface area (Å²) in [4.78, 5) is 3.94. The fraction of sp³-hybridized carbons (Fsp3) is 0.643. The number of aromatic nitrogens is 1. The largest absolute Gasteiger partial charge is 0.417 e. The van der Waals surface area contributed by atoms with Crippen LogP contribution in [-0.2, 0) is 6.18 Å². The van der Waals surface area contributed by atoms with Crippen molar-refractivity contribution < 1.29 is 13.2 Å². The van der Waals surface area contributed by atoms with Crippen molar-refractivity contribution in [1.82, 2.24) is 4.98 Å². The minimum absolute atomic E-state index is 0.355. The maximum Gasteiger partial charge on any atom is 0.417 e. The molecule has 20 heavy (non-hydrogen) atoms. The lowest BCUT2D eigenvalue weighted by atomic mass is 9.82. The minimum atomic E-state index is -4.32. The van der Waals surface area contributed by atoms with Crippen LogP contribution in [0, 0.1) is 11.8 Å². The fourth-order valence-corrected chi connectivity index (χ4v) is 4.01. The first-order chi connectivity index (χ1) is 9.40. The number of rotatable bonds is 3. The van der Waals surface area contributed by atoms with Crippen molar-refractivity contribution in [1.29, 1.82) is 0 Å². The first-order valence-corrected chi connectivity index (χ1v) is 7.68. The molecular weight excluding hydrogens is 285 g/mol. The number of thioether (sulfide) groups is 1.